The van der Waals surface area contributed by atoms with Gasteiger partial charge in [-0.05, 0) is 48.7 Å². The Morgan fingerprint density at radius 1 is 0.857 bits per heavy atom. The van der Waals surface area contributed by atoms with Crippen LogP contribution in [0, 0.1) is 0 Å². The number of unbranched alkanes of at least 4 members (excludes halogenated alkanes) is 8. The molecule has 10 heteroatoms. The van der Waals surface area contributed by atoms with E-state index in [0.29, 0.717) is 22.8 Å². The predicted octanol–water partition coefficient (Wildman–Crippen LogP) is 7.92. The molecule has 0 unspecified atom stereocenters. The van der Waals surface area contributed by atoms with Crippen molar-refractivity contribution in [3.8, 4) is 11.5 Å². The second-order valence-corrected chi connectivity index (χ2v) is 10.4. The van der Waals surface area contributed by atoms with Gasteiger partial charge in [-0.1, -0.05) is 87.7 Å². The summed E-state index contributed by atoms with van der Waals surface area (Å²) in [5.74, 6) is -0.956. The van der Waals surface area contributed by atoms with E-state index >= 15 is 0 Å². The molecular weight excluding hydrogens is 547 g/mol. The van der Waals surface area contributed by atoms with Gasteiger partial charge in [0.15, 0.2) is 5.82 Å². The Bertz CT molecular complexity index is 1260. The van der Waals surface area contributed by atoms with Crippen molar-refractivity contribution in [2.24, 2.45) is 0 Å². The Kier molecular flexibility index (Phi) is 13.0. The SMILES string of the molecule is CCCCCCCCCCCc1noc(-c2ccc(CN(Cc3cccc(C(F)(F)F)c3)C(=O)C(=O)OCC)cc2)n1. The molecule has 3 rings (SSSR count). The second kappa shape index (κ2) is 16.7. The highest BCUT2D eigenvalue weighted by atomic mass is 19.4. The zero-order chi connectivity index (χ0) is 30.4. The van der Waals surface area contributed by atoms with Gasteiger partial charge >= 0.3 is 18.1 Å². The Balaban J connectivity index is 1.58. The van der Waals surface area contributed by atoms with Crippen molar-refractivity contribution in [1.29, 1.82) is 0 Å². The number of alkyl halides is 3. The van der Waals surface area contributed by atoms with Crippen molar-refractivity contribution in [3.05, 3.63) is 71.0 Å². The van der Waals surface area contributed by atoms with Crippen LogP contribution in [-0.2, 0) is 40.0 Å². The molecule has 1 heterocycles. The number of aryl methyl sites for hydroxylation is 1. The third-order valence-corrected chi connectivity index (χ3v) is 6.91. The Morgan fingerprint density at radius 3 is 2.14 bits per heavy atom. The van der Waals surface area contributed by atoms with Crippen LogP contribution in [0.3, 0.4) is 0 Å². The maximum absolute atomic E-state index is 13.2. The summed E-state index contributed by atoms with van der Waals surface area (Å²) in [7, 11) is 0. The van der Waals surface area contributed by atoms with Crippen molar-refractivity contribution in [1.82, 2.24) is 15.0 Å². The van der Waals surface area contributed by atoms with Crippen LogP contribution in [0.1, 0.15) is 94.1 Å². The number of ether oxygens (including phenoxy) is 1. The predicted molar refractivity (Wildman–Crippen MR) is 153 cm³/mol. The lowest BCUT2D eigenvalue weighted by Gasteiger charge is -2.22. The Hall–Kier alpha value is -3.69. The van der Waals surface area contributed by atoms with Gasteiger partial charge in [0.1, 0.15) is 0 Å². The molecule has 0 aliphatic rings. The van der Waals surface area contributed by atoms with E-state index in [-0.39, 0.29) is 25.3 Å². The number of hydrogen-bond donors (Lipinski definition) is 0. The first-order valence-corrected chi connectivity index (χ1v) is 14.7. The standard InChI is InChI=1S/C32H40F3N3O4/c1-3-5-6-7-8-9-10-11-12-16-28-36-29(42-37-28)26-19-17-24(18-20-26)22-38(30(39)31(40)41-4-2)23-25-14-13-15-27(21-25)32(33,34)35/h13-15,17-21H,3-12,16,22-23H2,1-2H3. The van der Waals surface area contributed by atoms with Crippen LogP contribution in [-0.4, -0.2) is 33.5 Å². The molecule has 0 fully saturated rings. The highest BCUT2D eigenvalue weighted by Gasteiger charge is 2.31. The minimum absolute atomic E-state index is 0.00195. The fraction of sp³-hybridized carbons (Fsp3) is 0.500. The molecule has 0 atom stereocenters. The van der Waals surface area contributed by atoms with Crippen LogP contribution >= 0.6 is 0 Å². The fourth-order valence-electron chi connectivity index (χ4n) is 4.63. The normalized spacial score (nSPS) is 11.5. The lowest BCUT2D eigenvalue weighted by Crippen LogP contribution is -2.36. The van der Waals surface area contributed by atoms with Crippen LogP contribution in [0.4, 0.5) is 13.2 Å². The molecule has 1 aromatic heterocycles. The first-order chi connectivity index (χ1) is 20.2. The number of amides is 1. The van der Waals surface area contributed by atoms with E-state index in [1.54, 1.807) is 31.2 Å². The minimum Gasteiger partial charge on any atom is -0.459 e. The van der Waals surface area contributed by atoms with Crippen LogP contribution in [0.25, 0.3) is 11.5 Å². The van der Waals surface area contributed by atoms with Gasteiger partial charge in [0.25, 0.3) is 5.89 Å². The monoisotopic (exact) mass is 587 g/mol. The molecule has 42 heavy (non-hydrogen) atoms. The summed E-state index contributed by atoms with van der Waals surface area (Å²) in [5, 5.41) is 4.09. The molecule has 0 aliphatic heterocycles. The number of hydrogen-bond acceptors (Lipinski definition) is 6. The Morgan fingerprint density at radius 2 is 1.50 bits per heavy atom. The first kappa shape index (κ1) is 32.8. The van der Waals surface area contributed by atoms with E-state index in [0.717, 1.165) is 31.4 Å². The number of rotatable bonds is 16. The zero-order valence-electron chi connectivity index (χ0n) is 24.4. The van der Waals surface area contributed by atoms with Gasteiger partial charge in [-0.15, -0.1) is 0 Å². The third-order valence-electron chi connectivity index (χ3n) is 6.91. The molecule has 7 nitrogen and oxygen atoms in total. The molecular formula is C32H40F3N3O4. The highest BCUT2D eigenvalue weighted by Crippen LogP contribution is 2.30. The van der Waals surface area contributed by atoms with Crippen LogP contribution in [0.15, 0.2) is 53.1 Å². The zero-order valence-corrected chi connectivity index (χ0v) is 24.4. The number of carbonyl (C=O) groups excluding carboxylic acids is 2. The van der Waals surface area contributed by atoms with Gasteiger partial charge in [-0.3, -0.25) is 4.79 Å². The van der Waals surface area contributed by atoms with E-state index in [9.17, 15) is 22.8 Å². The smallest absolute Gasteiger partial charge is 0.416 e. The molecule has 228 valence electrons. The average Bonchev–Trinajstić information content (AvgIpc) is 3.45. The quantitative estimate of drug-likeness (QED) is 0.0962. The average molecular weight is 588 g/mol. The van der Waals surface area contributed by atoms with Gasteiger partial charge in [-0.25, -0.2) is 4.79 Å². The first-order valence-electron chi connectivity index (χ1n) is 14.7. The number of esters is 1. The highest BCUT2D eigenvalue weighted by molar-refractivity contribution is 6.32. The summed E-state index contributed by atoms with van der Waals surface area (Å²) in [4.78, 5) is 30.7. The molecule has 2 aromatic carbocycles. The Labute approximate surface area is 245 Å². The summed E-state index contributed by atoms with van der Waals surface area (Å²) in [6, 6.07) is 11.7. The van der Waals surface area contributed by atoms with Crippen molar-refractivity contribution in [3.63, 3.8) is 0 Å². The summed E-state index contributed by atoms with van der Waals surface area (Å²) in [5.41, 5.74) is 0.776. The fourth-order valence-corrected chi connectivity index (χ4v) is 4.63. The molecule has 0 saturated carbocycles. The summed E-state index contributed by atoms with van der Waals surface area (Å²) in [6.07, 6.45) is 7.35. The van der Waals surface area contributed by atoms with Crippen LogP contribution in [0.2, 0.25) is 0 Å². The molecule has 3 aromatic rings. The van der Waals surface area contributed by atoms with E-state index < -0.39 is 23.6 Å². The van der Waals surface area contributed by atoms with Gasteiger partial charge < -0.3 is 14.2 Å². The maximum Gasteiger partial charge on any atom is 0.416 e. The van der Waals surface area contributed by atoms with E-state index in [4.69, 9.17) is 9.26 Å². The molecule has 0 bridgehead atoms. The third kappa shape index (κ3) is 10.6. The van der Waals surface area contributed by atoms with E-state index in [1.165, 1.54) is 62.0 Å². The van der Waals surface area contributed by atoms with Crippen LogP contribution in [0.5, 0.6) is 0 Å². The lowest BCUT2D eigenvalue weighted by atomic mass is 10.1. The van der Waals surface area contributed by atoms with E-state index in [1.807, 2.05) is 0 Å². The molecule has 1 amide bonds. The summed E-state index contributed by atoms with van der Waals surface area (Å²) >= 11 is 0. The van der Waals surface area contributed by atoms with Gasteiger partial charge in [0.05, 0.1) is 12.2 Å². The molecule has 0 N–H and O–H groups in total. The van der Waals surface area contributed by atoms with E-state index in [2.05, 4.69) is 17.1 Å². The molecule has 0 saturated heterocycles. The number of benzene rings is 2. The topological polar surface area (TPSA) is 85.5 Å². The van der Waals surface area contributed by atoms with Crippen molar-refractivity contribution in [2.75, 3.05) is 6.61 Å². The molecule has 0 radical (unpaired) electrons. The van der Waals surface area contributed by atoms with Gasteiger partial charge in [0, 0.05) is 25.1 Å². The second-order valence-electron chi connectivity index (χ2n) is 10.4. The summed E-state index contributed by atoms with van der Waals surface area (Å²) in [6.45, 7) is 3.58. The largest absolute Gasteiger partial charge is 0.459 e. The maximum atomic E-state index is 13.2. The molecule has 0 spiro atoms. The lowest BCUT2D eigenvalue weighted by molar-refractivity contribution is -0.160. The summed E-state index contributed by atoms with van der Waals surface area (Å²) < 4.78 is 49.9. The minimum atomic E-state index is -4.52. The molecule has 0 aliphatic carbocycles. The van der Waals surface area contributed by atoms with Crippen molar-refractivity contribution >= 4 is 11.9 Å². The van der Waals surface area contributed by atoms with Gasteiger partial charge in [0.2, 0.25) is 0 Å². The van der Waals surface area contributed by atoms with Crippen LogP contribution < -0.4 is 0 Å². The number of carbonyl (C=O) groups is 2. The number of aromatic nitrogens is 2. The van der Waals surface area contributed by atoms with Crippen molar-refractivity contribution < 1.29 is 32.0 Å². The van der Waals surface area contributed by atoms with Gasteiger partial charge in [-0.2, -0.15) is 18.2 Å². The number of halogens is 3. The van der Waals surface area contributed by atoms with Crippen molar-refractivity contribution in [2.45, 2.75) is 97.3 Å². The number of nitrogens with zero attached hydrogens (tertiary/aromatic N) is 3.